The van der Waals surface area contributed by atoms with Crippen molar-refractivity contribution in [2.45, 2.75) is 27.3 Å². The van der Waals surface area contributed by atoms with Gasteiger partial charge in [0.05, 0.1) is 17.2 Å². The van der Waals surface area contributed by atoms with Crippen LogP contribution < -0.4 is 4.90 Å². The Hall–Kier alpha value is -1.20. The molecule has 0 bridgehead atoms. The summed E-state index contributed by atoms with van der Waals surface area (Å²) in [5.74, 6) is 1.54. The number of halogens is 1. The van der Waals surface area contributed by atoms with E-state index in [1.165, 1.54) is 0 Å². The van der Waals surface area contributed by atoms with E-state index in [0.29, 0.717) is 11.0 Å². The quantitative estimate of drug-likeness (QED) is 0.811. The van der Waals surface area contributed by atoms with Crippen molar-refractivity contribution in [2.24, 2.45) is 0 Å². The Balaban J connectivity index is 2.26. The summed E-state index contributed by atoms with van der Waals surface area (Å²) >= 11 is 7.73. The number of hydrogen-bond donors (Lipinski definition) is 0. The fourth-order valence-electron chi connectivity index (χ4n) is 1.75. The Bertz CT molecular complexity index is 567. The Kier molecular flexibility index (Phi) is 3.82. The van der Waals surface area contributed by atoms with Gasteiger partial charge in [-0.25, -0.2) is 15.0 Å². The van der Waals surface area contributed by atoms with E-state index in [0.717, 1.165) is 28.6 Å². The van der Waals surface area contributed by atoms with E-state index in [1.54, 1.807) is 11.3 Å². The predicted octanol–water partition coefficient (Wildman–Crippen LogP) is 3.15. The molecule has 2 aromatic heterocycles. The van der Waals surface area contributed by atoms with Crippen LogP contribution in [-0.4, -0.2) is 22.0 Å². The van der Waals surface area contributed by atoms with Gasteiger partial charge in [0.2, 0.25) is 0 Å². The Morgan fingerprint density at radius 1 is 1.22 bits per heavy atom. The molecule has 6 heteroatoms. The highest BCUT2D eigenvalue weighted by atomic mass is 35.5. The first-order valence-corrected chi connectivity index (χ1v) is 6.86. The number of anilines is 1. The maximum atomic E-state index is 6.08. The summed E-state index contributed by atoms with van der Waals surface area (Å²) in [7, 11) is 1.99. The molecule has 0 fully saturated rings. The second kappa shape index (κ2) is 5.20. The van der Waals surface area contributed by atoms with E-state index >= 15 is 0 Å². The van der Waals surface area contributed by atoms with Gasteiger partial charge in [0.1, 0.15) is 16.8 Å². The van der Waals surface area contributed by atoms with Gasteiger partial charge in [-0.1, -0.05) is 11.6 Å². The molecular weight excluding hydrogens is 268 g/mol. The van der Waals surface area contributed by atoms with Gasteiger partial charge in [-0.05, 0) is 20.8 Å². The van der Waals surface area contributed by atoms with Crippen LogP contribution in [0.5, 0.6) is 0 Å². The van der Waals surface area contributed by atoms with Gasteiger partial charge >= 0.3 is 0 Å². The van der Waals surface area contributed by atoms with Crippen LogP contribution in [-0.2, 0) is 6.54 Å². The van der Waals surface area contributed by atoms with Gasteiger partial charge in [-0.15, -0.1) is 11.3 Å². The zero-order valence-electron chi connectivity index (χ0n) is 10.9. The number of aryl methyl sites for hydroxylation is 2. The highest BCUT2D eigenvalue weighted by molar-refractivity contribution is 7.09. The van der Waals surface area contributed by atoms with Gasteiger partial charge in [0.25, 0.3) is 0 Å². The summed E-state index contributed by atoms with van der Waals surface area (Å²) in [5, 5.41) is 3.66. The molecule has 0 aliphatic carbocycles. The summed E-state index contributed by atoms with van der Waals surface area (Å²) in [6, 6.07) is 0. The van der Waals surface area contributed by atoms with Crippen LogP contribution >= 0.6 is 22.9 Å². The normalized spacial score (nSPS) is 10.7. The first kappa shape index (κ1) is 13.2. The average molecular weight is 283 g/mol. The molecule has 0 saturated heterocycles. The summed E-state index contributed by atoms with van der Waals surface area (Å²) in [6.45, 7) is 6.50. The largest absolute Gasteiger partial charge is 0.353 e. The van der Waals surface area contributed by atoms with Crippen molar-refractivity contribution in [3.05, 3.63) is 32.6 Å². The third-order valence-corrected chi connectivity index (χ3v) is 3.79. The number of nitrogens with zero attached hydrogens (tertiary/aromatic N) is 4. The molecule has 4 nitrogen and oxygen atoms in total. The minimum atomic E-state index is 0.513. The van der Waals surface area contributed by atoms with Crippen LogP contribution in [0, 0.1) is 20.8 Å². The zero-order valence-corrected chi connectivity index (χ0v) is 12.4. The molecular formula is C12H15ClN4S. The lowest BCUT2D eigenvalue weighted by Crippen LogP contribution is -2.20. The minimum absolute atomic E-state index is 0.513. The number of rotatable bonds is 3. The number of thiazole rings is 1. The number of hydrogen-bond acceptors (Lipinski definition) is 5. The highest BCUT2D eigenvalue weighted by Crippen LogP contribution is 2.23. The molecule has 0 aromatic carbocycles. The minimum Gasteiger partial charge on any atom is -0.353 e. The fourth-order valence-corrected chi connectivity index (χ4v) is 2.56. The van der Waals surface area contributed by atoms with Gasteiger partial charge < -0.3 is 4.90 Å². The van der Waals surface area contributed by atoms with Crippen molar-refractivity contribution in [3.8, 4) is 0 Å². The molecule has 2 rings (SSSR count). The Morgan fingerprint density at radius 3 is 2.56 bits per heavy atom. The van der Waals surface area contributed by atoms with Gasteiger partial charge in [0, 0.05) is 18.0 Å². The van der Waals surface area contributed by atoms with E-state index in [9.17, 15) is 0 Å². The van der Waals surface area contributed by atoms with Crippen LogP contribution in [0.4, 0.5) is 5.82 Å². The standard InChI is InChI=1S/C12H15ClN4S/c1-7-11(13)14-8(2)15-12(7)17(4)5-10-6-18-9(3)16-10/h6H,5H2,1-4H3. The monoisotopic (exact) mass is 282 g/mol. The van der Waals surface area contributed by atoms with Gasteiger partial charge in [-0.3, -0.25) is 0 Å². The molecule has 0 aliphatic heterocycles. The van der Waals surface area contributed by atoms with E-state index in [4.69, 9.17) is 11.6 Å². The molecule has 2 aromatic rings. The molecule has 0 saturated carbocycles. The average Bonchev–Trinajstić information content (AvgIpc) is 2.69. The van der Waals surface area contributed by atoms with E-state index in [2.05, 4.69) is 20.3 Å². The summed E-state index contributed by atoms with van der Waals surface area (Å²) in [5.41, 5.74) is 1.95. The maximum Gasteiger partial charge on any atom is 0.137 e. The van der Waals surface area contributed by atoms with Crippen molar-refractivity contribution in [1.82, 2.24) is 15.0 Å². The molecule has 0 spiro atoms. The van der Waals surface area contributed by atoms with E-state index in [-0.39, 0.29) is 0 Å². The fraction of sp³-hybridized carbons (Fsp3) is 0.417. The maximum absolute atomic E-state index is 6.08. The molecule has 0 unspecified atom stereocenters. The van der Waals surface area contributed by atoms with Crippen LogP contribution in [0.1, 0.15) is 22.1 Å². The molecule has 0 atom stereocenters. The third-order valence-electron chi connectivity index (χ3n) is 2.60. The SMILES string of the molecule is Cc1nc(Cl)c(C)c(N(C)Cc2csc(C)n2)n1. The molecule has 0 radical (unpaired) electrons. The zero-order chi connectivity index (χ0) is 13.3. The lowest BCUT2D eigenvalue weighted by atomic mass is 10.3. The van der Waals surface area contributed by atoms with Gasteiger partial charge in [-0.2, -0.15) is 0 Å². The summed E-state index contributed by atoms with van der Waals surface area (Å²) in [4.78, 5) is 15.1. The topological polar surface area (TPSA) is 41.9 Å². The second-order valence-corrected chi connectivity index (χ2v) is 5.64. The lowest BCUT2D eigenvalue weighted by molar-refractivity contribution is 0.849. The summed E-state index contributed by atoms with van der Waals surface area (Å²) < 4.78 is 0. The second-order valence-electron chi connectivity index (χ2n) is 4.22. The molecule has 96 valence electrons. The van der Waals surface area contributed by atoms with Crippen molar-refractivity contribution in [3.63, 3.8) is 0 Å². The molecule has 18 heavy (non-hydrogen) atoms. The first-order chi connectivity index (χ1) is 8.47. The predicted molar refractivity (Wildman–Crippen MR) is 75.5 cm³/mol. The summed E-state index contributed by atoms with van der Waals surface area (Å²) in [6.07, 6.45) is 0. The Labute approximate surface area is 116 Å². The highest BCUT2D eigenvalue weighted by Gasteiger charge is 2.12. The lowest BCUT2D eigenvalue weighted by Gasteiger charge is -2.19. The van der Waals surface area contributed by atoms with Gasteiger partial charge in [0.15, 0.2) is 0 Å². The third kappa shape index (κ3) is 2.79. The molecule has 2 heterocycles. The van der Waals surface area contributed by atoms with Crippen molar-refractivity contribution in [1.29, 1.82) is 0 Å². The molecule has 0 aliphatic rings. The van der Waals surface area contributed by atoms with Crippen molar-refractivity contribution < 1.29 is 0 Å². The Morgan fingerprint density at radius 2 is 1.94 bits per heavy atom. The molecule has 0 N–H and O–H groups in total. The van der Waals surface area contributed by atoms with E-state index < -0.39 is 0 Å². The number of aromatic nitrogens is 3. The van der Waals surface area contributed by atoms with Crippen LogP contribution in [0.2, 0.25) is 5.15 Å². The van der Waals surface area contributed by atoms with Crippen LogP contribution in [0.3, 0.4) is 0 Å². The van der Waals surface area contributed by atoms with Crippen LogP contribution in [0.15, 0.2) is 5.38 Å². The first-order valence-electron chi connectivity index (χ1n) is 5.60. The van der Waals surface area contributed by atoms with Crippen molar-refractivity contribution >= 4 is 28.8 Å². The van der Waals surface area contributed by atoms with Crippen LogP contribution in [0.25, 0.3) is 0 Å². The van der Waals surface area contributed by atoms with Crippen molar-refractivity contribution in [2.75, 3.05) is 11.9 Å². The van der Waals surface area contributed by atoms with E-state index in [1.807, 2.05) is 32.7 Å². The molecule has 0 amide bonds. The smallest absolute Gasteiger partial charge is 0.137 e.